The van der Waals surface area contributed by atoms with Crippen LogP contribution in [0.2, 0.25) is 0 Å². The summed E-state index contributed by atoms with van der Waals surface area (Å²) in [4.78, 5) is 32.9. The Balaban J connectivity index is 0.00000101. The molecule has 2 unspecified atom stereocenters. The van der Waals surface area contributed by atoms with Crippen LogP contribution in [0.5, 0.6) is 0 Å². The molecule has 0 saturated carbocycles. The monoisotopic (exact) mass is 620 g/mol. The van der Waals surface area contributed by atoms with Crippen LogP contribution in [0.3, 0.4) is 0 Å². The molecule has 0 bridgehead atoms. The number of rotatable bonds is 10. The molecule has 0 radical (unpaired) electrons. The average molecular weight is 621 g/mol. The Hall–Kier alpha value is -3.09. The highest BCUT2D eigenvalue weighted by molar-refractivity contribution is 8.08. The molecular weight excluding hydrogens is 590 g/mol. The molecular formula is C29H30F6O4S2. The highest BCUT2D eigenvalue weighted by atomic mass is 32.2. The van der Waals surface area contributed by atoms with Gasteiger partial charge in [-0.2, -0.15) is 0 Å². The third kappa shape index (κ3) is 13.4. The minimum atomic E-state index is -1.63. The van der Waals surface area contributed by atoms with Crippen molar-refractivity contribution in [3.05, 3.63) is 104 Å². The van der Waals surface area contributed by atoms with Crippen LogP contribution in [0.1, 0.15) is 44.9 Å². The van der Waals surface area contributed by atoms with E-state index in [1.165, 1.54) is 38.6 Å². The number of hydrogen-bond donors (Lipinski definition) is 1. The second kappa shape index (κ2) is 19.1. The van der Waals surface area contributed by atoms with Gasteiger partial charge in [0.05, 0.1) is 0 Å². The maximum atomic E-state index is 13.5. The van der Waals surface area contributed by atoms with Crippen molar-refractivity contribution >= 4 is 41.4 Å². The smallest absolute Gasteiger partial charge is 0.204 e. The zero-order valence-electron chi connectivity index (χ0n) is 22.9. The highest BCUT2D eigenvalue weighted by Gasteiger charge is 2.23. The number of aliphatic hydroxyl groups excluding tert-OH is 1. The Labute approximate surface area is 243 Å². The van der Waals surface area contributed by atoms with E-state index in [-0.39, 0.29) is 10.5 Å². The summed E-state index contributed by atoms with van der Waals surface area (Å²) >= 11 is 2.48. The van der Waals surface area contributed by atoms with Crippen molar-refractivity contribution in [1.29, 1.82) is 0 Å². The van der Waals surface area contributed by atoms with Gasteiger partial charge in [0.25, 0.3) is 0 Å². The highest BCUT2D eigenvalue weighted by Crippen LogP contribution is 2.35. The molecule has 0 spiro atoms. The SMILES string of the molecule is C=C(CS/C(=C\C(C)C(=O)C(C)=O)C(O)c1cc(F)c(F)c(F)c1)S/C=C\C.CC=O.Cc1cc(F)c(F)c(F)c1. The molecule has 0 aliphatic heterocycles. The van der Waals surface area contributed by atoms with Crippen molar-refractivity contribution in [3.63, 3.8) is 0 Å². The van der Waals surface area contributed by atoms with Crippen LogP contribution < -0.4 is 0 Å². The number of carbonyl (C=O) groups is 3. The van der Waals surface area contributed by atoms with Gasteiger partial charge in [-0.15, -0.1) is 23.5 Å². The third-order valence-electron chi connectivity index (χ3n) is 4.66. The van der Waals surface area contributed by atoms with E-state index in [4.69, 9.17) is 4.79 Å². The van der Waals surface area contributed by atoms with Crippen LogP contribution in [0.4, 0.5) is 26.3 Å². The van der Waals surface area contributed by atoms with Crippen LogP contribution >= 0.6 is 23.5 Å². The zero-order valence-corrected chi connectivity index (χ0v) is 24.6. The lowest BCUT2D eigenvalue weighted by molar-refractivity contribution is -0.136. The number of thioether (sulfide) groups is 2. The van der Waals surface area contributed by atoms with Gasteiger partial charge in [0.15, 0.2) is 40.7 Å². The standard InChI is InChI=1S/C20H21F3O3S2.C7H5F3.C2H4O/c1-5-6-27-12(3)10-28-17(7-11(2)19(25)13(4)24)20(26)14-8-15(21)18(23)16(22)9-14;1-4-2-5(8)7(10)6(9)3-4;1-2-3/h5-9,11,20,26H,3,10H2,1-2,4H3;2-3H,1H3;2H,1H3/b6-5-,17-7-;;. The van der Waals surface area contributed by atoms with Crippen molar-refractivity contribution in [1.82, 2.24) is 0 Å². The number of Topliss-reactive ketones (excluding diaryl/α,β-unsaturated/α-hetero) is 2. The molecule has 0 aliphatic rings. The van der Waals surface area contributed by atoms with Gasteiger partial charge in [0.1, 0.15) is 12.4 Å². The van der Waals surface area contributed by atoms with Crippen molar-refractivity contribution in [2.24, 2.45) is 5.92 Å². The average Bonchev–Trinajstić information content (AvgIpc) is 2.90. The van der Waals surface area contributed by atoms with Crippen LogP contribution in [0.25, 0.3) is 0 Å². The molecule has 41 heavy (non-hydrogen) atoms. The molecule has 1 N–H and O–H groups in total. The molecule has 2 aromatic carbocycles. The normalized spacial score (nSPS) is 12.4. The van der Waals surface area contributed by atoms with E-state index in [2.05, 4.69) is 6.58 Å². The minimum absolute atomic E-state index is 0.203. The topological polar surface area (TPSA) is 71.4 Å². The van der Waals surface area contributed by atoms with Gasteiger partial charge in [-0.1, -0.05) is 25.7 Å². The van der Waals surface area contributed by atoms with Crippen LogP contribution in [0.15, 0.2) is 58.2 Å². The summed E-state index contributed by atoms with van der Waals surface area (Å²) in [6.45, 7) is 11.3. The molecule has 0 amide bonds. The quantitative estimate of drug-likeness (QED) is 0.126. The predicted molar refractivity (Wildman–Crippen MR) is 151 cm³/mol. The molecule has 2 atom stereocenters. The number of aliphatic hydroxyl groups is 1. The second-order valence-electron chi connectivity index (χ2n) is 8.17. The van der Waals surface area contributed by atoms with Gasteiger partial charge in [0, 0.05) is 23.5 Å². The second-order valence-corrected chi connectivity index (χ2v) is 10.3. The fourth-order valence-corrected chi connectivity index (χ4v) is 4.50. The largest absolute Gasteiger partial charge is 0.383 e. The number of aldehydes is 1. The Kier molecular flexibility index (Phi) is 17.7. The van der Waals surface area contributed by atoms with Crippen molar-refractivity contribution in [2.75, 3.05) is 5.75 Å². The summed E-state index contributed by atoms with van der Waals surface area (Å²) in [6.07, 6.45) is 2.44. The Morgan fingerprint density at radius 2 is 1.39 bits per heavy atom. The molecule has 2 rings (SSSR count). The first-order valence-electron chi connectivity index (χ1n) is 11.8. The molecule has 2 aromatic rings. The molecule has 224 valence electrons. The number of halogens is 6. The number of benzene rings is 2. The van der Waals surface area contributed by atoms with Gasteiger partial charge in [-0.25, -0.2) is 26.3 Å². The van der Waals surface area contributed by atoms with E-state index in [0.29, 0.717) is 23.4 Å². The fourth-order valence-electron chi connectivity index (χ4n) is 2.80. The van der Waals surface area contributed by atoms with Gasteiger partial charge in [0.2, 0.25) is 5.78 Å². The van der Waals surface area contributed by atoms with E-state index < -0.39 is 58.5 Å². The first-order valence-corrected chi connectivity index (χ1v) is 13.7. The Bertz CT molecular complexity index is 1250. The van der Waals surface area contributed by atoms with Crippen molar-refractivity contribution in [2.45, 2.75) is 40.7 Å². The van der Waals surface area contributed by atoms with Gasteiger partial charge >= 0.3 is 0 Å². The maximum absolute atomic E-state index is 13.5. The van der Waals surface area contributed by atoms with Gasteiger partial charge in [-0.05, 0) is 66.5 Å². The lowest BCUT2D eigenvalue weighted by Gasteiger charge is -2.18. The maximum Gasteiger partial charge on any atom is 0.204 e. The van der Waals surface area contributed by atoms with E-state index in [1.54, 1.807) is 0 Å². The summed E-state index contributed by atoms with van der Waals surface area (Å²) in [5.41, 5.74) is 0.167. The molecule has 12 heteroatoms. The summed E-state index contributed by atoms with van der Waals surface area (Å²) in [6, 6.07) is 3.27. The Morgan fingerprint density at radius 1 is 0.951 bits per heavy atom. The van der Waals surface area contributed by atoms with Crippen molar-refractivity contribution in [3.8, 4) is 0 Å². The number of hydrogen-bond acceptors (Lipinski definition) is 6. The van der Waals surface area contributed by atoms with Gasteiger partial charge in [-0.3, -0.25) is 9.59 Å². The zero-order chi connectivity index (χ0) is 31.9. The first-order chi connectivity index (χ1) is 19.1. The number of carbonyl (C=O) groups excluding carboxylic acids is 3. The molecule has 0 aromatic heterocycles. The number of allylic oxidation sites excluding steroid dienone is 2. The summed E-state index contributed by atoms with van der Waals surface area (Å²) in [7, 11) is 0. The molecule has 0 saturated heterocycles. The molecule has 0 heterocycles. The summed E-state index contributed by atoms with van der Waals surface area (Å²) in [5, 5.41) is 12.4. The van der Waals surface area contributed by atoms with E-state index in [0.717, 1.165) is 42.0 Å². The van der Waals surface area contributed by atoms with Crippen LogP contribution in [0, 0.1) is 47.7 Å². The lowest BCUT2D eigenvalue weighted by atomic mass is 10.0. The first kappa shape index (κ1) is 37.9. The number of ketones is 2. The van der Waals surface area contributed by atoms with E-state index in [1.807, 2.05) is 18.4 Å². The Morgan fingerprint density at radius 3 is 1.80 bits per heavy atom. The summed E-state index contributed by atoms with van der Waals surface area (Å²) in [5.74, 6) is -10.0. The number of aryl methyl sites for hydroxylation is 1. The lowest BCUT2D eigenvalue weighted by Crippen LogP contribution is -2.18. The molecule has 4 nitrogen and oxygen atoms in total. The summed E-state index contributed by atoms with van der Waals surface area (Å²) < 4.78 is 76.9. The predicted octanol–water partition coefficient (Wildman–Crippen LogP) is 7.95. The minimum Gasteiger partial charge on any atom is -0.383 e. The molecule has 0 aliphatic carbocycles. The van der Waals surface area contributed by atoms with Gasteiger partial charge < -0.3 is 9.90 Å². The van der Waals surface area contributed by atoms with Crippen LogP contribution in [-0.2, 0) is 14.4 Å². The molecule has 0 fully saturated rings. The third-order valence-corrected chi connectivity index (χ3v) is 6.92. The fraction of sp³-hybridized carbons (Fsp3) is 0.276. The van der Waals surface area contributed by atoms with Crippen LogP contribution in [-0.4, -0.2) is 28.7 Å². The van der Waals surface area contributed by atoms with E-state index >= 15 is 0 Å². The van der Waals surface area contributed by atoms with Crippen molar-refractivity contribution < 1.29 is 45.8 Å². The van der Waals surface area contributed by atoms with E-state index in [9.17, 15) is 41.0 Å².